The van der Waals surface area contributed by atoms with Crippen LogP contribution in [-0.4, -0.2) is 31.7 Å². The molecular formula is C21H24F2N2O3S. The lowest BCUT2D eigenvalue weighted by molar-refractivity contribution is -0.120. The maximum absolute atomic E-state index is 13.4. The number of hydrogen-bond donors (Lipinski definition) is 1. The highest BCUT2D eigenvalue weighted by atomic mass is 32.2. The van der Waals surface area contributed by atoms with E-state index in [2.05, 4.69) is 12.2 Å². The molecule has 0 aliphatic carbocycles. The summed E-state index contributed by atoms with van der Waals surface area (Å²) in [5.74, 6) is -2.74. The molecule has 3 rings (SSSR count). The fourth-order valence-electron chi connectivity index (χ4n) is 3.43. The van der Waals surface area contributed by atoms with Crippen molar-refractivity contribution in [3.05, 3.63) is 59.7 Å². The van der Waals surface area contributed by atoms with E-state index in [9.17, 15) is 22.0 Å². The fraction of sp³-hybridized carbons (Fsp3) is 0.381. The van der Waals surface area contributed by atoms with Crippen molar-refractivity contribution in [2.24, 2.45) is 5.92 Å². The topological polar surface area (TPSA) is 66.5 Å². The van der Waals surface area contributed by atoms with Gasteiger partial charge >= 0.3 is 0 Å². The zero-order valence-electron chi connectivity index (χ0n) is 16.2. The van der Waals surface area contributed by atoms with E-state index in [1.807, 2.05) is 24.3 Å². The fourth-order valence-corrected chi connectivity index (χ4v) is 4.91. The second-order valence-corrected chi connectivity index (χ2v) is 9.13. The third kappa shape index (κ3) is 5.00. The third-order valence-electron chi connectivity index (χ3n) is 5.11. The molecular weight excluding hydrogens is 398 g/mol. The van der Waals surface area contributed by atoms with E-state index in [-0.39, 0.29) is 29.8 Å². The highest BCUT2D eigenvalue weighted by molar-refractivity contribution is 7.89. The summed E-state index contributed by atoms with van der Waals surface area (Å²) in [5.41, 5.74) is 1.92. The van der Waals surface area contributed by atoms with Crippen LogP contribution in [0.3, 0.4) is 0 Å². The maximum Gasteiger partial charge on any atom is 0.243 e. The Bertz CT molecular complexity index is 970. The van der Waals surface area contributed by atoms with Crippen molar-refractivity contribution in [3.63, 3.8) is 0 Å². The molecule has 2 aromatic rings. The Morgan fingerprint density at radius 3 is 2.31 bits per heavy atom. The minimum atomic E-state index is -3.92. The number of amides is 1. The molecule has 2 aromatic carbocycles. The smallest absolute Gasteiger partial charge is 0.243 e. The highest BCUT2D eigenvalue weighted by Crippen LogP contribution is 2.26. The molecule has 1 heterocycles. The van der Waals surface area contributed by atoms with E-state index in [0.717, 1.165) is 25.0 Å². The van der Waals surface area contributed by atoms with Gasteiger partial charge in [-0.25, -0.2) is 17.2 Å². The van der Waals surface area contributed by atoms with Crippen LogP contribution in [0.1, 0.15) is 31.7 Å². The SMILES string of the molecule is CCCc1ccc(NC(=O)C2CCN(S(=O)(=O)c3ccc(F)c(F)c3)CC2)cc1. The molecule has 0 unspecified atom stereocenters. The first-order valence-corrected chi connectivity index (χ1v) is 11.1. The summed E-state index contributed by atoms with van der Waals surface area (Å²) >= 11 is 0. The molecule has 1 aliphatic heterocycles. The van der Waals surface area contributed by atoms with E-state index in [1.54, 1.807) is 0 Å². The molecule has 0 spiro atoms. The number of rotatable bonds is 6. The summed E-state index contributed by atoms with van der Waals surface area (Å²) < 4.78 is 53.0. The number of aryl methyl sites for hydroxylation is 1. The average Bonchev–Trinajstić information content (AvgIpc) is 2.71. The molecule has 1 fully saturated rings. The third-order valence-corrected chi connectivity index (χ3v) is 7.01. The first kappa shape index (κ1) is 21.4. The number of benzene rings is 2. The van der Waals surface area contributed by atoms with Crippen LogP contribution in [0.2, 0.25) is 0 Å². The van der Waals surface area contributed by atoms with Gasteiger partial charge < -0.3 is 5.32 Å². The van der Waals surface area contributed by atoms with E-state index < -0.39 is 21.7 Å². The van der Waals surface area contributed by atoms with Gasteiger partial charge in [0.25, 0.3) is 0 Å². The molecule has 8 heteroatoms. The molecule has 5 nitrogen and oxygen atoms in total. The molecule has 29 heavy (non-hydrogen) atoms. The quantitative estimate of drug-likeness (QED) is 0.766. The second-order valence-electron chi connectivity index (χ2n) is 7.19. The Labute approximate surface area is 169 Å². The standard InChI is InChI=1S/C21H24F2N2O3S/c1-2-3-15-4-6-17(7-5-15)24-21(26)16-10-12-25(13-11-16)29(27,28)18-8-9-19(22)20(23)14-18/h4-9,14,16H,2-3,10-13H2,1H3,(H,24,26). The molecule has 1 amide bonds. The zero-order valence-corrected chi connectivity index (χ0v) is 17.0. The largest absolute Gasteiger partial charge is 0.326 e. The van der Waals surface area contributed by atoms with Gasteiger partial charge in [-0.05, 0) is 55.2 Å². The number of hydrogen-bond acceptors (Lipinski definition) is 3. The Morgan fingerprint density at radius 2 is 1.72 bits per heavy atom. The van der Waals surface area contributed by atoms with Crippen LogP contribution in [0, 0.1) is 17.6 Å². The van der Waals surface area contributed by atoms with Gasteiger partial charge in [0.2, 0.25) is 15.9 Å². The molecule has 0 bridgehead atoms. The summed E-state index contributed by atoms with van der Waals surface area (Å²) in [4.78, 5) is 12.2. The van der Waals surface area contributed by atoms with Gasteiger partial charge in [-0.3, -0.25) is 4.79 Å². The lowest BCUT2D eigenvalue weighted by atomic mass is 9.97. The van der Waals surface area contributed by atoms with Gasteiger partial charge in [0.05, 0.1) is 4.90 Å². The van der Waals surface area contributed by atoms with Crippen LogP contribution >= 0.6 is 0 Å². The summed E-state index contributed by atoms with van der Waals surface area (Å²) in [6.07, 6.45) is 2.77. The predicted molar refractivity (Wildman–Crippen MR) is 107 cm³/mol. The Balaban J connectivity index is 1.59. The highest BCUT2D eigenvalue weighted by Gasteiger charge is 2.32. The Morgan fingerprint density at radius 1 is 1.07 bits per heavy atom. The van der Waals surface area contributed by atoms with Gasteiger partial charge in [-0.15, -0.1) is 0 Å². The van der Waals surface area contributed by atoms with Crippen LogP contribution in [-0.2, 0) is 21.2 Å². The molecule has 1 saturated heterocycles. The van der Waals surface area contributed by atoms with Crippen molar-refractivity contribution >= 4 is 21.6 Å². The van der Waals surface area contributed by atoms with Crippen LogP contribution < -0.4 is 5.32 Å². The van der Waals surface area contributed by atoms with Crippen molar-refractivity contribution in [1.29, 1.82) is 0 Å². The molecule has 156 valence electrons. The first-order chi connectivity index (χ1) is 13.8. The van der Waals surface area contributed by atoms with Crippen molar-refractivity contribution in [1.82, 2.24) is 4.31 Å². The van der Waals surface area contributed by atoms with Crippen LogP contribution in [0.4, 0.5) is 14.5 Å². The normalized spacial score (nSPS) is 16.0. The van der Waals surface area contributed by atoms with Gasteiger partial charge in [0.1, 0.15) is 0 Å². The molecule has 0 saturated carbocycles. The van der Waals surface area contributed by atoms with E-state index in [1.165, 1.54) is 9.87 Å². The molecule has 0 radical (unpaired) electrons. The van der Waals surface area contributed by atoms with Crippen LogP contribution in [0.5, 0.6) is 0 Å². The number of nitrogens with one attached hydrogen (secondary N) is 1. The maximum atomic E-state index is 13.4. The van der Waals surface area contributed by atoms with Gasteiger partial charge in [0, 0.05) is 24.7 Å². The number of halogens is 2. The van der Waals surface area contributed by atoms with Crippen molar-refractivity contribution < 1.29 is 22.0 Å². The van der Waals surface area contributed by atoms with E-state index in [4.69, 9.17) is 0 Å². The molecule has 0 atom stereocenters. The summed E-state index contributed by atoms with van der Waals surface area (Å²) in [6.45, 7) is 2.40. The van der Waals surface area contributed by atoms with E-state index >= 15 is 0 Å². The summed E-state index contributed by atoms with van der Waals surface area (Å²) in [6, 6.07) is 10.2. The van der Waals surface area contributed by atoms with Crippen LogP contribution in [0.15, 0.2) is 47.4 Å². The monoisotopic (exact) mass is 422 g/mol. The van der Waals surface area contributed by atoms with Crippen LogP contribution in [0.25, 0.3) is 0 Å². The molecule has 0 aromatic heterocycles. The average molecular weight is 422 g/mol. The minimum absolute atomic E-state index is 0.141. The molecule has 1 N–H and O–H groups in total. The van der Waals surface area contributed by atoms with Gasteiger partial charge in [-0.2, -0.15) is 4.31 Å². The zero-order chi connectivity index (χ0) is 21.0. The van der Waals surface area contributed by atoms with Crippen molar-refractivity contribution in [2.45, 2.75) is 37.5 Å². The second kappa shape index (κ2) is 9.00. The predicted octanol–water partition coefficient (Wildman–Crippen LogP) is 3.96. The minimum Gasteiger partial charge on any atom is -0.326 e. The van der Waals surface area contributed by atoms with E-state index in [0.29, 0.717) is 24.6 Å². The number of carbonyl (C=O) groups excluding carboxylic acids is 1. The lowest BCUT2D eigenvalue weighted by Gasteiger charge is -2.30. The van der Waals surface area contributed by atoms with Gasteiger partial charge in [-0.1, -0.05) is 25.5 Å². The number of nitrogens with zero attached hydrogens (tertiary/aromatic N) is 1. The molecule has 1 aliphatic rings. The van der Waals surface area contributed by atoms with Gasteiger partial charge in [0.15, 0.2) is 11.6 Å². The lowest BCUT2D eigenvalue weighted by Crippen LogP contribution is -2.41. The van der Waals surface area contributed by atoms with Crippen molar-refractivity contribution in [3.8, 4) is 0 Å². The Hall–Kier alpha value is -2.32. The number of anilines is 1. The Kier molecular flexibility index (Phi) is 6.64. The first-order valence-electron chi connectivity index (χ1n) is 9.66. The van der Waals surface area contributed by atoms with Crippen molar-refractivity contribution in [2.75, 3.05) is 18.4 Å². The number of sulfonamides is 1. The summed E-state index contributed by atoms with van der Waals surface area (Å²) in [7, 11) is -3.92. The summed E-state index contributed by atoms with van der Waals surface area (Å²) in [5, 5.41) is 2.88. The number of carbonyl (C=O) groups is 1. The number of piperidine rings is 1.